The van der Waals surface area contributed by atoms with Crippen molar-refractivity contribution in [1.29, 1.82) is 0 Å². The van der Waals surface area contributed by atoms with Gasteiger partial charge in [-0.2, -0.15) is 0 Å². The largest absolute Gasteiger partial charge is 0.378 e. The zero-order chi connectivity index (χ0) is 13.8. The Labute approximate surface area is 114 Å². The Morgan fingerprint density at radius 3 is 2.63 bits per heavy atom. The summed E-state index contributed by atoms with van der Waals surface area (Å²) in [6.07, 6.45) is 0. The third-order valence-electron chi connectivity index (χ3n) is 3.26. The predicted octanol–water partition coefficient (Wildman–Crippen LogP) is 1.97. The van der Waals surface area contributed by atoms with Gasteiger partial charge in [0.2, 0.25) is 0 Å². The molecule has 0 unspecified atom stereocenters. The summed E-state index contributed by atoms with van der Waals surface area (Å²) >= 11 is 0. The number of amides is 1. The van der Waals surface area contributed by atoms with Crippen LogP contribution in [0, 0.1) is 6.92 Å². The standard InChI is InChI=1S/C15H22N2O2/c1-11(2)16-15(18)14-10-13(5-4-12(14)3)17-6-8-19-9-7-17/h4-5,10-11H,6-9H2,1-3H3,(H,16,18). The lowest BCUT2D eigenvalue weighted by Crippen LogP contribution is -2.36. The van der Waals surface area contributed by atoms with Crippen LogP contribution >= 0.6 is 0 Å². The van der Waals surface area contributed by atoms with E-state index in [-0.39, 0.29) is 11.9 Å². The second-order valence-electron chi connectivity index (χ2n) is 5.23. The molecule has 0 aliphatic carbocycles. The first-order chi connectivity index (χ1) is 9.08. The molecule has 0 bridgehead atoms. The zero-order valence-electron chi connectivity index (χ0n) is 11.9. The number of hydrogen-bond donors (Lipinski definition) is 1. The van der Waals surface area contributed by atoms with Crippen molar-refractivity contribution in [2.24, 2.45) is 0 Å². The molecule has 1 aliphatic rings. The number of ether oxygens (including phenoxy) is 1. The van der Waals surface area contributed by atoms with Crippen LogP contribution in [-0.2, 0) is 4.74 Å². The fraction of sp³-hybridized carbons (Fsp3) is 0.533. The van der Waals surface area contributed by atoms with Crippen LogP contribution in [0.2, 0.25) is 0 Å². The van der Waals surface area contributed by atoms with Crippen molar-refractivity contribution in [2.75, 3.05) is 31.2 Å². The van der Waals surface area contributed by atoms with Crippen LogP contribution in [0.5, 0.6) is 0 Å². The maximum absolute atomic E-state index is 12.2. The van der Waals surface area contributed by atoms with Gasteiger partial charge in [-0.25, -0.2) is 0 Å². The number of nitrogens with one attached hydrogen (secondary N) is 1. The first-order valence-corrected chi connectivity index (χ1v) is 6.82. The van der Waals surface area contributed by atoms with Crippen molar-refractivity contribution in [3.05, 3.63) is 29.3 Å². The van der Waals surface area contributed by atoms with Gasteiger partial charge in [-0.05, 0) is 38.5 Å². The molecular weight excluding hydrogens is 240 g/mol. The van der Waals surface area contributed by atoms with Crippen LogP contribution in [0.4, 0.5) is 5.69 Å². The molecule has 1 N–H and O–H groups in total. The molecule has 0 aromatic heterocycles. The van der Waals surface area contributed by atoms with Crippen LogP contribution in [0.1, 0.15) is 29.8 Å². The summed E-state index contributed by atoms with van der Waals surface area (Å²) in [5, 5.41) is 2.95. The maximum Gasteiger partial charge on any atom is 0.251 e. The van der Waals surface area contributed by atoms with Gasteiger partial charge in [-0.1, -0.05) is 6.07 Å². The van der Waals surface area contributed by atoms with E-state index in [4.69, 9.17) is 4.74 Å². The minimum Gasteiger partial charge on any atom is -0.378 e. The van der Waals surface area contributed by atoms with Crippen LogP contribution in [-0.4, -0.2) is 38.3 Å². The number of carbonyl (C=O) groups is 1. The fourth-order valence-electron chi connectivity index (χ4n) is 2.21. The smallest absolute Gasteiger partial charge is 0.251 e. The summed E-state index contributed by atoms with van der Waals surface area (Å²) in [6.45, 7) is 9.18. The lowest BCUT2D eigenvalue weighted by molar-refractivity contribution is 0.0942. The Hall–Kier alpha value is -1.55. The molecule has 104 valence electrons. The quantitative estimate of drug-likeness (QED) is 0.905. The Morgan fingerprint density at radius 1 is 1.32 bits per heavy atom. The maximum atomic E-state index is 12.2. The van der Waals surface area contributed by atoms with Gasteiger partial charge in [0.15, 0.2) is 0 Å². The molecule has 19 heavy (non-hydrogen) atoms. The van der Waals surface area contributed by atoms with E-state index >= 15 is 0 Å². The van der Waals surface area contributed by atoms with E-state index in [1.165, 1.54) is 0 Å². The predicted molar refractivity (Wildman–Crippen MR) is 76.8 cm³/mol. The SMILES string of the molecule is Cc1ccc(N2CCOCC2)cc1C(=O)NC(C)C. The number of benzene rings is 1. The van der Waals surface area contributed by atoms with Gasteiger partial charge < -0.3 is 15.0 Å². The average Bonchev–Trinajstić information content (AvgIpc) is 2.39. The zero-order valence-corrected chi connectivity index (χ0v) is 11.9. The number of anilines is 1. The average molecular weight is 262 g/mol. The first-order valence-electron chi connectivity index (χ1n) is 6.82. The molecule has 0 spiro atoms. The summed E-state index contributed by atoms with van der Waals surface area (Å²) in [6, 6.07) is 6.23. The Morgan fingerprint density at radius 2 is 2.00 bits per heavy atom. The van der Waals surface area contributed by atoms with Crippen LogP contribution in [0.15, 0.2) is 18.2 Å². The summed E-state index contributed by atoms with van der Waals surface area (Å²) in [5.74, 6) is 0.00242. The van der Waals surface area contributed by atoms with Crippen LogP contribution in [0.3, 0.4) is 0 Å². The van der Waals surface area contributed by atoms with Gasteiger partial charge >= 0.3 is 0 Å². The second kappa shape index (κ2) is 6.06. The molecule has 1 aliphatic heterocycles. The topological polar surface area (TPSA) is 41.6 Å². The van der Waals surface area contributed by atoms with E-state index in [2.05, 4.69) is 16.3 Å². The second-order valence-corrected chi connectivity index (χ2v) is 5.23. The van der Waals surface area contributed by atoms with Crippen molar-refractivity contribution >= 4 is 11.6 Å². The number of hydrogen-bond acceptors (Lipinski definition) is 3. The number of morpholine rings is 1. The van der Waals surface area contributed by atoms with E-state index in [0.29, 0.717) is 0 Å². The molecule has 0 saturated carbocycles. The van der Waals surface area contributed by atoms with Crippen molar-refractivity contribution < 1.29 is 9.53 Å². The highest BCUT2D eigenvalue weighted by atomic mass is 16.5. The molecular formula is C15H22N2O2. The van der Waals surface area contributed by atoms with Gasteiger partial charge in [0.05, 0.1) is 13.2 Å². The van der Waals surface area contributed by atoms with E-state index in [0.717, 1.165) is 43.1 Å². The molecule has 1 amide bonds. The first kappa shape index (κ1) is 13.9. The molecule has 1 fully saturated rings. The molecule has 4 nitrogen and oxygen atoms in total. The number of nitrogens with zero attached hydrogens (tertiary/aromatic N) is 1. The van der Waals surface area contributed by atoms with Crippen molar-refractivity contribution in [3.63, 3.8) is 0 Å². The van der Waals surface area contributed by atoms with Crippen molar-refractivity contribution in [3.8, 4) is 0 Å². The Bertz CT molecular complexity index is 451. The summed E-state index contributed by atoms with van der Waals surface area (Å²) in [4.78, 5) is 14.4. The lowest BCUT2D eigenvalue weighted by atomic mass is 10.1. The third kappa shape index (κ3) is 3.47. The van der Waals surface area contributed by atoms with E-state index in [1.54, 1.807) is 0 Å². The van der Waals surface area contributed by atoms with Crippen LogP contribution in [0.25, 0.3) is 0 Å². The molecule has 1 saturated heterocycles. The van der Waals surface area contributed by atoms with Crippen molar-refractivity contribution in [2.45, 2.75) is 26.8 Å². The molecule has 2 rings (SSSR count). The van der Waals surface area contributed by atoms with Gasteiger partial charge in [0, 0.05) is 30.4 Å². The van der Waals surface area contributed by atoms with Crippen LogP contribution < -0.4 is 10.2 Å². The summed E-state index contributed by atoms with van der Waals surface area (Å²) in [7, 11) is 0. The number of rotatable bonds is 3. The van der Waals surface area contributed by atoms with Gasteiger partial charge in [-0.3, -0.25) is 4.79 Å². The minimum atomic E-state index is 0.00242. The highest BCUT2D eigenvalue weighted by Crippen LogP contribution is 2.20. The van der Waals surface area contributed by atoms with Crippen molar-refractivity contribution in [1.82, 2.24) is 5.32 Å². The molecule has 1 heterocycles. The minimum absolute atomic E-state index is 0.00242. The summed E-state index contributed by atoms with van der Waals surface area (Å²) < 4.78 is 5.35. The van der Waals surface area contributed by atoms with E-state index in [1.807, 2.05) is 32.9 Å². The van der Waals surface area contributed by atoms with Gasteiger partial charge in [0.25, 0.3) is 5.91 Å². The molecule has 0 atom stereocenters. The normalized spacial score (nSPS) is 15.7. The van der Waals surface area contributed by atoms with Gasteiger partial charge in [-0.15, -0.1) is 0 Å². The molecule has 1 aromatic carbocycles. The number of aryl methyl sites for hydroxylation is 1. The third-order valence-corrected chi connectivity index (χ3v) is 3.26. The molecule has 4 heteroatoms. The lowest BCUT2D eigenvalue weighted by Gasteiger charge is -2.29. The van der Waals surface area contributed by atoms with E-state index < -0.39 is 0 Å². The Balaban J connectivity index is 2.21. The monoisotopic (exact) mass is 262 g/mol. The summed E-state index contributed by atoms with van der Waals surface area (Å²) in [5.41, 5.74) is 2.87. The fourth-order valence-corrected chi connectivity index (χ4v) is 2.21. The Kier molecular flexibility index (Phi) is 4.43. The highest BCUT2D eigenvalue weighted by Gasteiger charge is 2.15. The molecule has 1 aromatic rings. The highest BCUT2D eigenvalue weighted by molar-refractivity contribution is 5.96. The molecule has 0 radical (unpaired) electrons. The van der Waals surface area contributed by atoms with E-state index in [9.17, 15) is 4.79 Å². The van der Waals surface area contributed by atoms with Gasteiger partial charge in [0.1, 0.15) is 0 Å². The number of carbonyl (C=O) groups excluding carboxylic acids is 1.